The van der Waals surface area contributed by atoms with Gasteiger partial charge in [-0.25, -0.2) is 4.79 Å². The van der Waals surface area contributed by atoms with Gasteiger partial charge in [-0.3, -0.25) is 9.58 Å². The molecule has 0 spiro atoms. The van der Waals surface area contributed by atoms with Gasteiger partial charge in [0.15, 0.2) is 5.69 Å². The van der Waals surface area contributed by atoms with Crippen molar-refractivity contribution in [1.29, 1.82) is 0 Å². The van der Waals surface area contributed by atoms with E-state index in [-0.39, 0.29) is 5.69 Å². The Morgan fingerprint density at radius 2 is 2.21 bits per heavy atom. The molecule has 1 aromatic heterocycles. The smallest absolute Gasteiger partial charge is 0.361 e. The Bertz CT molecular complexity index is 427. The zero-order valence-electron chi connectivity index (χ0n) is 11.2. The predicted octanol–water partition coefficient (Wildman–Crippen LogP) is -0.0258. The van der Waals surface area contributed by atoms with Gasteiger partial charge in [0.1, 0.15) is 0 Å². The third-order valence-corrected chi connectivity index (χ3v) is 3.01. The standard InChI is InChI=1S/C12H20N4O3/c1-2-19-12(17)11-10(13)9-16(14-11)4-3-15-5-7-18-8-6-15/h9H,2-8,13H2,1H3. The quantitative estimate of drug-likeness (QED) is 0.755. The molecule has 0 saturated carbocycles. The Hall–Kier alpha value is -1.60. The number of esters is 1. The lowest BCUT2D eigenvalue weighted by molar-refractivity contribution is 0.0359. The number of nitrogens with two attached hydrogens (primary N) is 1. The first-order valence-electron chi connectivity index (χ1n) is 6.51. The maximum atomic E-state index is 11.6. The van der Waals surface area contributed by atoms with Crippen molar-refractivity contribution in [3.63, 3.8) is 0 Å². The molecule has 2 heterocycles. The van der Waals surface area contributed by atoms with Crippen LogP contribution < -0.4 is 5.73 Å². The van der Waals surface area contributed by atoms with E-state index in [0.29, 0.717) is 18.8 Å². The summed E-state index contributed by atoms with van der Waals surface area (Å²) in [4.78, 5) is 13.9. The molecule has 0 aromatic carbocycles. The minimum atomic E-state index is -0.467. The van der Waals surface area contributed by atoms with Crippen LogP contribution in [0.3, 0.4) is 0 Å². The summed E-state index contributed by atoms with van der Waals surface area (Å²) in [6.45, 7) is 7.05. The Balaban J connectivity index is 1.90. The van der Waals surface area contributed by atoms with Gasteiger partial charge in [0.25, 0.3) is 0 Å². The maximum absolute atomic E-state index is 11.6. The monoisotopic (exact) mass is 268 g/mol. The second-order valence-electron chi connectivity index (χ2n) is 4.37. The minimum Gasteiger partial charge on any atom is -0.461 e. The van der Waals surface area contributed by atoms with Crippen LogP contribution in [0.5, 0.6) is 0 Å². The summed E-state index contributed by atoms with van der Waals surface area (Å²) in [7, 11) is 0. The SMILES string of the molecule is CCOC(=O)c1nn(CCN2CCOCC2)cc1N. The number of morpholine rings is 1. The molecule has 0 atom stereocenters. The van der Waals surface area contributed by atoms with Crippen molar-refractivity contribution in [2.24, 2.45) is 0 Å². The second-order valence-corrected chi connectivity index (χ2v) is 4.37. The van der Waals surface area contributed by atoms with Crippen LogP contribution in [0.4, 0.5) is 5.69 Å². The third-order valence-electron chi connectivity index (χ3n) is 3.01. The van der Waals surface area contributed by atoms with Crippen LogP contribution in [-0.2, 0) is 16.0 Å². The Morgan fingerprint density at radius 3 is 2.89 bits per heavy atom. The highest BCUT2D eigenvalue weighted by Gasteiger charge is 2.16. The number of carbonyl (C=O) groups excluding carboxylic acids is 1. The molecule has 7 nitrogen and oxygen atoms in total. The van der Waals surface area contributed by atoms with Crippen LogP contribution in [-0.4, -0.2) is 60.1 Å². The zero-order chi connectivity index (χ0) is 13.7. The summed E-state index contributed by atoms with van der Waals surface area (Å²) in [5, 5.41) is 4.17. The van der Waals surface area contributed by atoms with Gasteiger partial charge in [-0.1, -0.05) is 0 Å². The van der Waals surface area contributed by atoms with Crippen molar-refractivity contribution >= 4 is 11.7 Å². The fraction of sp³-hybridized carbons (Fsp3) is 0.667. The molecule has 0 radical (unpaired) electrons. The number of anilines is 1. The lowest BCUT2D eigenvalue weighted by Crippen LogP contribution is -2.38. The van der Waals surface area contributed by atoms with Gasteiger partial charge < -0.3 is 15.2 Å². The number of nitrogen functional groups attached to an aromatic ring is 1. The number of aromatic nitrogens is 2. The van der Waals surface area contributed by atoms with Gasteiger partial charge in [-0.05, 0) is 6.92 Å². The number of hydrogen-bond acceptors (Lipinski definition) is 6. The molecule has 1 fully saturated rings. The van der Waals surface area contributed by atoms with E-state index in [2.05, 4.69) is 10.00 Å². The summed E-state index contributed by atoms with van der Waals surface area (Å²) < 4.78 is 11.9. The van der Waals surface area contributed by atoms with E-state index in [9.17, 15) is 4.79 Å². The summed E-state index contributed by atoms with van der Waals surface area (Å²) in [5.74, 6) is -0.467. The van der Waals surface area contributed by atoms with Gasteiger partial charge in [0.2, 0.25) is 0 Å². The van der Waals surface area contributed by atoms with E-state index in [1.165, 1.54) is 0 Å². The molecule has 0 unspecified atom stereocenters. The first-order chi connectivity index (χ1) is 9.20. The predicted molar refractivity (Wildman–Crippen MR) is 69.9 cm³/mol. The van der Waals surface area contributed by atoms with Gasteiger partial charge in [-0.15, -0.1) is 0 Å². The summed E-state index contributed by atoms with van der Waals surface area (Å²) in [6, 6.07) is 0. The Kier molecular flexibility index (Phi) is 4.75. The fourth-order valence-corrected chi connectivity index (χ4v) is 1.98. The average Bonchev–Trinajstić information content (AvgIpc) is 2.79. The summed E-state index contributed by atoms with van der Waals surface area (Å²) in [5.41, 5.74) is 6.32. The van der Waals surface area contributed by atoms with Crippen LogP contribution in [0.25, 0.3) is 0 Å². The molecule has 0 bridgehead atoms. The highest BCUT2D eigenvalue weighted by molar-refractivity contribution is 5.92. The average molecular weight is 268 g/mol. The van der Waals surface area contributed by atoms with Crippen LogP contribution >= 0.6 is 0 Å². The van der Waals surface area contributed by atoms with E-state index in [1.807, 2.05) is 0 Å². The molecule has 1 saturated heterocycles. The van der Waals surface area contributed by atoms with E-state index >= 15 is 0 Å². The molecule has 0 amide bonds. The van der Waals surface area contributed by atoms with Gasteiger partial charge in [0, 0.05) is 25.8 Å². The van der Waals surface area contributed by atoms with Crippen LogP contribution in [0.15, 0.2) is 6.20 Å². The van der Waals surface area contributed by atoms with Crippen molar-refractivity contribution in [2.75, 3.05) is 45.2 Å². The molecule has 0 aliphatic carbocycles. The van der Waals surface area contributed by atoms with Crippen LogP contribution in [0.2, 0.25) is 0 Å². The number of ether oxygens (including phenoxy) is 2. The number of hydrogen-bond donors (Lipinski definition) is 1. The molecule has 19 heavy (non-hydrogen) atoms. The summed E-state index contributed by atoms with van der Waals surface area (Å²) in [6.07, 6.45) is 1.67. The minimum absolute atomic E-state index is 0.198. The zero-order valence-corrected chi connectivity index (χ0v) is 11.2. The van der Waals surface area contributed by atoms with Gasteiger partial charge in [0.05, 0.1) is 32.1 Å². The highest BCUT2D eigenvalue weighted by atomic mass is 16.5. The molecule has 2 N–H and O–H groups in total. The fourth-order valence-electron chi connectivity index (χ4n) is 1.98. The van der Waals surface area contributed by atoms with Crippen LogP contribution in [0, 0.1) is 0 Å². The number of nitrogens with zero attached hydrogens (tertiary/aromatic N) is 3. The van der Waals surface area contributed by atoms with E-state index in [4.69, 9.17) is 15.2 Å². The Labute approximate surface area is 112 Å². The number of carbonyl (C=O) groups is 1. The van der Waals surface area contributed by atoms with E-state index in [1.54, 1.807) is 17.8 Å². The number of rotatable bonds is 5. The van der Waals surface area contributed by atoms with E-state index in [0.717, 1.165) is 32.8 Å². The van der Waals surface area contributed by atoms with Crippen LogP contribution in [0.1, 0.15) is 17.4 Å². The molecular weight excluding hydrogens is 248 g/mol. The normalized spacial score (nSPS) is 16.5. The van der Waals surface area contributed by atoms with Crippen molar-refractivity contribution < 1.29 is 14.3 Å². The molecular formula is C12H20N4O3. The lowest BCUT2D eigenvalue weighted by atomic mass is 10.4. The molecule has 1 aliphatic rings. The molecule has 106 valence electrons. The topological polar surface area (TPSA) is 82.6 Å². The van der Waals surface area contributed by atoms with Crippen molar-refractivity contribution in [1.82, 2.24) is 14.7 Å². The lowest BCUT2D eigenvalue weighted by Gasteiger charge is -2.26. The Morgan fingerprint density at radius 1 is 1.47 bits per heavy atom. The van der Waals surface area contributed by atoms with Gasteiger partial charge >= 0.3 is 5.97 Å². The molecule has 1 aromatic rings. The molecule has 1 aliphatic heterocycles. The maximum Gasteiger partial charge on any atom is 0.361 e. The van der Waals surface area contributed by atoms with Crippen molar-refractivity contribution in [3.8, 4) is 0 Å². The molecule has 7 heteroatoms. The first kappa shape index (κ1) is 13.8. The third kappa shape index (κ3) is 3.68. The van der Waals surface area contributed by atoms with Crippen molar-refractivity contribution in [2.45, 2.75) is 13.5 Å². The van der Waals surface area contributed by atoms with Crippen molar-refractivity contribution in [3.05, 3.63) is 11.9 Å². The second kappa shape index (κ2) is 6.53. The highest BCUT2D eigenvalue weighted by Crippen LogP contribution is 2.10. The largest absolute Gasteiger partial charge is 0.461 e. The summed E-state index contributed by atoms with van der Waals surface area (Å²) >= 11 is 0. The molecule has 2 rings (SSSR count). The van der Waals surface area contributed by atoms with E-state index < -0.39 is 5.97 Å². The van der Waals surface area contributed by atoms with Gasteiger partial charge in [-0.2, -0.15) is 5.10 Å². The first-order valence-corrected chi connectivity index (χ1v) is 6.51.